The van der Waals surface area contributed by atoms with Crippen LogP contribution in [0.5, 0.6) is 0 Å². The number of ether oxygens (including phenoxy) is 1. The first-order valence-corrected chi connectivity index (χ1v) is 15.7. The number of benzene rings is 1. The van der Waals surface area contributed by atoms with Crippen LogP contribution in [0.4, 0.5) is 5.69 Å². The lowest BCUT2D eigenvalue weighted by atomic mass is 9.73. The van der Waals surface area contributed by atoms with Crippen molar-refractivity contribution in [2.24, 2.45) is 23.7 Å². The maximum Gasteiger partial charge on any atom is 0.246 e. The van der Waals surface area contributed by atoms with E-state index in [1.165, 1.54) is 6.42 Å². The summed E-state index contributed by atoms with van der Waals surface area (Å²) in [7, 11) is 2.10. The molecule has 5 rings (SSSR count). The van der Waals surface area contributed by atoms with E-state index in [0.717, 1.165) is 50.8 Å². The summed E-state index contributed by atoms with van der Waals surface area (Å²) in [4.78, 5) is 46.1. The van der Waals surface area contributed by atoms with Gasteiger partial charge in [-0.05, 0) is 75.9 Å². The summed E-state index contributed by atoms with van der Waals surface area (Å²) < 4.78 is 6.53. The molecule has 0 aromatic heterocycles. The fourth-order valence-corrected chi connectivity index (χ4v) is 7.55. The van der Waals surface area contributed by atoms with Crippen molar-refractivity contribution >= 4 is 23.4 Å². The van der Waals surface area contributed by atoms with Crippen LogP contribution < -0.4 is 10.6 Å². The molecule has 4 aliphatic rings. The van der Waals surface area contributed by atoms with E-state index in [0.29, 0.717) is 24.1 Å². The van der Waals surface area contributed by atoms with Gasteiger partial charge in [0.1, 0.15) is 11.6 Å². The smallest absolute Gasteiger partial charge is 0.246 e. The summed E-state index contributed by atoms with van der Waals surface area (Å²) in [6.07, 6.45) is 9.48. The molecule has 3 fully saturated rings. The molecule has 3 heterocycles. The average Bonchev–Trinajstić information content (AvgIpc) is 3.57. The first kappa shape index (κ1) is 29.8. The zero-order chi connectivity index (χ0) is 29.3. The fourth-order valence-electron chi connectivity index (χ4n) is 7.55. The SMILES string of the molecule is CCCCN(C)CCCN1C(=O)[C@@H]2[C@H](C(=O)Nc3cccc(C)c3)[C@@H]3C=C[C@@]2(O3)[C@@H]1C(=O)N[C@@H]1CCC[C@@H](C)[C@@H]1C. The van der Waals surface area contributed by atoms with E-state index >= 15 is 0 Å². The van der Waals surface area contributed by atoms with Crippen molar-refractivity contribution in [3.8, 4) is 0 Å². The number of aryl methyl sites for hydroxylation is 1. The van der Waals surface area contributed by atoms with E-state index in [4.69, 9.17) is 4.74 Å². The van der Waals surface area contributed by atoms with Crippen molar-refractivity contribution in [2.45, 2.75) is 90.0 Å². The predicted molar refractivity (Wildman–Crippen MR) is 160 cm³/mol. The second kappa shape index (κ2) is 12.3. The zero-order valence-corrected chi connectivity index (χ0v) is 25.4. The van der Waals surface area contributed by atoms with E-state index in [1.54, 1.807) is 4.90 Å². The van der Waals surface area contributed by atoms with Crippen LogP contribution in [0, 0.1) is 30.6 Å². The maximum atomic E-state index is 14.2. The largest absolute Gasteiger partial charge is 0.359 e. The van der Waals surface area contributed by atoms with Crippen molar-refractivity contribution in [3.05, 3.63) is 42.0 Å². The molecule has 1 saturated carbocycles. The van der Waals surface area contributed by atoms with Crippen molar-refractivity contribution < 1.29 is 19.1 Å². The lowest BCUT2D eigenvalue weighted by Gasteiger charge is -2.38. The van der Waals surface area contributed by atoms with Crippen LogP contribution in [0.15, 0.2) is 36.4 Å². The zero-order valence-electron chi connectivity index (χ0n) is 25.4. The highest BCUT2D eigenvalue weighted by Gasteiger charge is 2.72. The summed E-state index contributed by atoms with van der Waals surface area (Å²) in [5, 5.41) is 6.36. The van der Waals surface area contributed by atoms with Gasteiger partial charge in [-0.25, -0.2) is 0 Å². The van der Waals surface area contributed by atoms with Crippen molar-refractivity contribution in [1.29, 1.82) is 0 Å². The first-order chi connectivity index (χ1) is 19.7. The molecule has 3 amide bonds. The number of amides is 3. The number of likely N-dealkylation sites (tertiary alicyclic amines) is 1. The number of fused-ring (bicyclic) bond motifs is 1. The second-order valence-electron chi connectivity index (χ2n) is 13.0. The summed E-state index contributed by atoms with van der Waals surface area (Å²) in [5.41, 5.74) is 0.610. The Kier molecular flexibility index (Phi) is 8.90. The lowest BCUT2D eigenvalue weighted by Crippen LogP contribution is -2.58. The highest BCUT2D eigenvalue weighted by atomic mass is 16.5. The molecule has 1 aliphatic carbocycles. The lowest BCUT2D eigenvalue weighted by molar-refractivity contribution is -0.141. The van der Waals surface area contributed by atoms with E-state index in [2.05, 4.69) is 43.4 Å². The van der Waals surface area contributed by atoms with Crippen LogP contribution in [0.3, 0.4) is 0 Å². The molecule has 1 spiro atoms. The third-order valence-electron chi connectivity index (χ3n) is 10.1. The molecule has 224 valence electrons. The number of nitrogens with one attached hydrogen (secondary N) is 2. The van der Waals surface area contributed by atoms with E-state index in [-0.39, 0.29) is 23.8 Å². The predicted octanol–water partition coefficient (Wildman–Crippen LogP) is 4.15. The van der Waals surface area contributed by atoms with Crippen molar-refractivity contribution in [1.82, 2.24) is 15.1 Å². The minimum absolute atomic E-state index is 0.0711. The highest BCUT2D eigenvalue weighted by Crippen LogP contribution is 2.55. The Balaban J connectivity index is 1.39. The fraction of sp³-hybridized carbons (Fsp3) is 0.667. The van der Waals surface area contributed by atoms with Gasteiger partial charge in [-0.2, -0.15) is 0 Å². The molecule has 41 heavy (non-hydrogen) atoms. The molecule has 2 bridgehead atoms. The minimum atomic E-state index is -1.13. The molecule has 8 atom stereocenters. The van der Waals surface area contributed by atoms with Gasteiger partial charge in [0.25, 0.3) is 0 Å². The van der Waals surface area contributed by atoms with Gasteiger partial charge in [0.15, 0.2) is 0 Å². The van der Waals surface area contributed by atoms with Gasteiger partial charge in [0.05, 0.1) is 17.9 Å². The van der Waals surface area contributed by atoms with Gasteiger partial charge >= 0.3 is 0 Å². The third kappa shape index (κ3) is 5.70. The maximum absolute atomic E-state index is 14.2. The summed E-state index contributed by atoms with van der Waals surface area (Å²) in [5.74, 6) is -1.05. The van der Waals surface area contributed by atoms with E-state index in [1.807, 2.05) is 43.3 Å². The number of carbonyl (C=O) groups excluding carboxylic acids is 3. The number of hydrogen-bond acceptors (Lipinski definition) is 5. The van der Waals surface area contributed by atoms with E-state index in [9.17, 15) is 14.4 Å². The summed E-state index contributed by atoms with van der Waals surface area (Å²) in [6, 6.07) is 6.92. The molecule has 3 aliphatic heterocycles. The van der Waals surface area contributed by atoms with Crippen LogP contribution >= 0.6 is 0 Å². The van der Waals surface area contributed by atoms with Crippen LogP contribution in [0.2, 0.25) is 0 Å². The van der Waals surface area contributed by atoms with Crippen molar-refractivity contribution in [2.75, 3.05) is 32.0 Å². The first-order valence-electron chi connectivity index (χ1n) is 15.7. The number of carbonyl (C=O) groups is 3. The summed E-state index contributed by atoms with van der Waals surface area (Å²) >= 11 is 0. The third-order valence-corrected chi connectivity index (χ3v) is 10.1. The molecule has 2 saturated heterocycles. The standard InChI is InChI=1S/C33H48N4O4/c1-6-7-17-36(5)18-10-19-37-29(31(39)35-25-14-9-12-22(3)23(25)4)33-16-15-26(41-33)27(28(33)32(37)40)30(38)34-24-13-8-11-21(2)20-24/h8,11,13,15-16,20,22-23,25-29H,6-7,9-10,12,14,17-19H2,1-5H3,(H,34,38)(H,35,39)/t22-,23+,25-,26+,27-,28+,29+,33+/m1/s1. The summed E-state index contributed by atoms with van der Waals surface area (Å²) in [6.45, 7) is 10.9. The molecule has 0 radical (unpaired) electrons. The molecule has 8 heteroatoms. The van der Waals surface area contributed by atoms with Gasteiger partial charge in [0.2, 0.25) is 17.7 Å². The number of rotatable bonds is 11. The minimum Gasteiger partial charge on any atom is -0.359 e. The number of unbranched alkanes of at least 4 members (excludes halogenated alkanes) is 1. The molecule has 0 unspecified atom stereocenters. The molecule has 1 aromatic rings. The molecular weight excluding hydrogens is 516 g/mol. The van der Waals surface area contributed by atoms with Crippen LogP contribution in [0.25, 0.3) is 0 Å². The highest BCUT2D eigenvalue weighted by molar-refractivity contribution is 6.02. The Morgan fingerprint density at radius 3 is 2.68 bits per heavy atom. The van der Waals surface area contributed by atoms with Crippen LogP contribution in [-0.2, 0) is 19.1 Å². The van der Waals surface area contributed by atoms with Gasteiger partial charge in [0, 0.05) is 18.3 Å². The number of nitrogens with zero attached hydrogens (tertiary/aromatic N) is 2. The monoisotopic (exact) mass is 564 g/mol. The molecule has 8 nitrogen and oxygen atoms in total. The Hall–Kier alpha value is -2.71. The van der Waals surface area contributed by atoms with Crippen molar-refractivity contribution in [3.63, 3.8) is 0 Å². The Labute approximate surface area is 245 Å². The number of hydrogen-bond donors (Lipinski definition) is 2. The van der Waals surface area contributed by atoms with Gasteiger partial charge in [-0.15, -0.1) is 0 Å². The van der Waals surface area contributed by atoms with E-state index < -0.39 is 29.6 Å². The Morgan fingerprint density at radius 2 is 1.93 bits per heavy atom. The Bertz CT molecular complexity index is 1170. The normalized spacial score (nSPS) is 33.9. The second-order valence-corrected chi connectivity index (χ2v) is 13.0. The molecule has 1 aromatic carbocycles. The van der Waals surface area contributed by atoms with Crippen LogP contribution in [0.1, 0.15) is 64.9 Å². The number of anilines is 1. The Morgan fingerprint density at radius 1 is 1.15 bits per heavy atom. The molecular formula is C33H48N4O4. The average molecular weight is 565 g/mol. The van der Waals surface area contributed by atoms with Gasteiger partial charge < -0.3 is 25.2 Å². The topological polar surface area (TPSA) is 91.0 Å². The van der Waals surface area contributed by atoms with Crippen LogP contribution in [-0.4, -0.2) is 78.0 Å². The van der Waals surface area contributed by atoms with Gasteiger partial charge in [-0.1, -0.05) is 64.3 Å². The molecule has 2 N–H and O–H groups in total. The quantitative estimate of drug-likeness (QED) is 0.394. The van der Waals surface area contributed by atoms with Gasteiger partial charge in [-0.3, -0.25) is 14.4 Å².